The van der Waals surface area contributed by atoms with Gasteiger partial charge in [0.1, 0.15) is 6.79 Å². The molecular weight excluding hydrogens is 148 g/mol. The van der Waals surface area contributed by atoms with E-state index in [4.69, 9.17) is 9.47 Å². The van der Waals surface area contributed by atoms with Crippen molar-refractivity contribution < 1.29 is 9.47 Å². The molecule has 10 heavy (non-hydrogen) atoms. The van der Waals surface area contributed by atoms with Gasteiger partial charge >= 0.3 is 0 Å². The van der Waals surface area contributed by atoms with E-state index in [1.165, 1.54) is 6.42 Å². The third kappa shape index (κ3) is 8.27. The van der Waals surface area contributed by atoms with Gasteiger partial charge in [-0.2, -0.15) is 0 Å². The summed E-state index contributed by atoms with van der Waals surface area (Å²) in [5.41, 5.74) is 0. The smallest absolute Gasteiger partial charge is 0.146 e. The topological polar surface area (TPSA) is 18.5 Å². The van der Waals surface area contributed by atoms with Crippen LogP contribution >= 0.6 is 12.6 Å². The molecule has 0 atom stereocenters. The third-order valence-electron chi connectivity index (χ3n) is 1.04. The number of hydrogen-bond acceptors (Lipinski definition) is 2. The summed E-state index contributed by atoms with van der Waals surface area (Å²) in [5.74, 6) is 0.650. The van der Waals surface area contributed by atoms with Crippen LogP contribution in [0.1, 0.15) is 19.8 Å². The van der Waals surface area contributed by atoms with E-state index >= 15 is 0 Å². The lowest BCUT2D eigenvalue weighted by molar-refractivity contribution is -0.0489. The van der Waals surface area contributed by atoms with Gasteiger partial charge in [-0.05, 0) is 6.42 Å². The van der Waals surface area contributed by atoms with Crippen LogP contribution in [0.25, 0.3) is 0 Å². The van der Waals surface area contributed by atoms with Crippen molar-refractivity contribution in [1.29, 1.82) is 0 Å². The van der Waals surface area contributed by atoms with Gasteiger partial charge < -0.3 is 9.47 Å². The molecule has 0 heterocycles. The summed E-state index contributed by atoms with van der Waals surface area (Å²) >= 11 is 4.67. The van der Waals surface area contributed by atoms with Crippen molar-refractivity contribution in [1.82, 2.24) is 0 Å². The number of rotatable bonds is 7. The summed E-state index contributed by atoms with van der Waals surface area (Å²) in [5, 5.41) is 0. The molecule has 0 fully saturated rings. The minimum absolute atomic E-state index is 0.399. The summed E-state index contributed by atoms with van der Waals surface area (Å²) in [7, 11) is 0. The predicted molar refractivity (Wildman–Crippen MR) is 44.1 cm³/mol. The number of ether oxygens (including phenoxy) is 2. The van der Waals surface area contributed by atoms with Crippen LogP contribution in [-0.4, -0.2) is 25.8 Å². The zero-order chi connectivity index (χ0) is 7.66. The fourth-order valence-corrected chi connectivity index (χ4v) is 0.600. The Balaban J connectivity index is 2.65. The zero-order valence-electron chi connectivity index (χ0n) is 6.47. The van der Waals surface area contributed by atoms with Crippen molar-refractivity contribution in [2.45, 2.75) is 19.8 Å². The van der Waals surface area contributed by atoms with Gasteiger partial charge in [0.2, 0.25) is 0 Å². The summed E-state index contributed by atoms with van der Waals surface area (Å²) in [6.45, 7) is 3.96. The molecule has 61 valence electrons. The van der Waals surface area contributed by atoms with Crippen molar-refractivity contribution in [2.75, 3.05) is 25.8 Å². The summed E-state index contributed by atoms with van der Waals surface area (Å²) in [6.07, 6.45) is 2.28. The molecule has 1 radical (unpaired) electrons. The van der Waals surface area contributed by atoms with Crippen LogP contribution in [0.5, 0.6) is 0 Å². The van der Waals surface area contributed by atoms with Crippen molar-refractivity contribution in [3.63, 3.8) is 0 Å². The van der Waals surface area contributed by atoms with E-state index in [0.29, 0.717) is 19.2 Å². The Hall–Kier alpha value is 0.270. The molecule has 0 rings (SSSR count). The van der Waals surface area contributed by atoms with Crippen LogP contribution < -0.4 is 0 Å². The molecule has 0 aromatic rings. The van der Waals surface area contributed by atoms with Crippen LogP contribution in [0.3, 0.4) is 0 Å². The quantitative estimate of drug-likeness (QED) is 0.422. The van der Waals surface area contributed by atoms with E-state index in [2.05, 4.69) is 19.6 Å². The third-order valence-corrected chi connectivity index (χ3v) is 1.20. The predicted octanol–water partition coefficient (Wildman–Crippen LogP) is 1.97. The second-order valence-corrected chi connectivity index (χ2v) is 2.40. The molecular formula is C7H15O2S. The van der Waals surface area contributed by atoms with Crippen LogP contribution in [0.15, 0.2) is 0 Å². The lowest BCUT2D eigenvalue weighted by Gasteiger charge is -2.02. The molecule has 0 spiro atoms. The average molecular weight is 163 g/mol. The van der Waals surface area contributed by atoms with E-state index in [-0.39, 0.29) is 0 Å². The molecule has 0 bridgehead atoms. The fraction of sp³-hybridized carbons (Fsp3) is 1.00. The number of hydrogen-bond donors (Lipinski definition) is 0. The summed E-state index contributed by atoms with van der Waals surface area (Å²) < 4.78 is 10.1. The van der Waals surface area contributed by atoms with Gasteiger partial charge in [0.25, 0.3) is 0 Å². The Morgan fingerprint density at radius 1 is 1.20 bits per heavy atom. The largest absolute Gasteiger partial charge is 0.355 e. The molecule has 0 saturated carbocycles. The van der Waals surface area contributed by atoms with Crippen molar-refractivity contribution in [3.8, 4) is 0 Å². The van der Waals surface area contributed by atoms with E-state index in [1.54, 1.807) is 0 Å². The lowest BCUT2D eigenvalue weighted by atomic mass is 10.4. The minimum Gasteiger partial charge on any atom is -0.355 e. The first-order valence-corrected chi connectivity index (χ1v) is 4.23. The van der Waals surface area contributed by atoms with E-state index in [0.717, 1.165) is 13.0 Å². The highest BCUT2D eigenvalue weighted by Gasteiger charge is 1.85. The Bertz CT molecular complexity index is 51.6. The van der Waals surface area contributed by atoms with E-state index in [9.17, 15) is 0 Å². The van der Waals surface area contributed by atoms with Crippen LogP contribution in [0, 0.1) is 0 Å². The van der Waals surface area contributed by atoms with E-state index < -0.39 is 0 Å². The maximum Gasteiger partial charge on any atom is 0.146 e. The second kappa shape index (κ2) is 9.27. The minimum atomic E-state index is 0.399. The van der Waals surface area contributed by atoms with E-state index in [1.807, 2.05) is 0 Å². The van der Waals surface area contributed by atoms with Gasteiger partial charge in [-0.25, -0.2) is 0 Å². The summed E-state index contributed by atoms with van der Waals surface area (Å²) in [4.78, 5) is 0. The zero-order valence-corrected chi connectivity index (χ0v) is 7.28. The highest BCUT2D eigenvalue weighted by Crippen LogP contribution is 1.88. The highest BCUT2D eigenvalue weighted by molar-refractivity contribution is 7.80. The van der Waals surface area contributed by atoms with Crippen molar-refractivity contribution in [2.24, 2.45) is 0 Å². The Labute approximate surface area is 68.3 Å². The molecule has 0 saturated heterocycles. The normalized spacial score (nSPS) is 10.2. The molecule has 0 aromatic carbocycles. The van der Waals surface area contributed by atoms with Crippen molar-refractivity contribution >= 4 is 12.6 Å². The van der Waals surface area contributed by atoms with Crippen molar-refractivity contribution in [3.05, 3.63) is 0 Å². The lowest BCUT2D eigenvalue weighted by Crippen LogP contribution is -2.03. The molecule has 0 unspecified atom stereocenters. The van der Waals surface area contributed by atoms with Gasteiger partial charge in [-0.1, -0.05) is 26.0 Å². The first-order chi connectivity index (χ1) is 4.91. The molecule has 0 aliphatic heterocycles. The highest BCUT2D eigenvalue weighted by atomic mass is 32.1. The van der Waals surface area contributed by atoms with Crippen LogP contribution in [0.2, 0.25) is 0 Å². The fourth-order valence-electron chi connectivity index (χ4n) is 0.482. The molecule has 0 aliphatic rings. The molecule has 0 aromatic heterocycles. The van der Waals surface area contributed by atoms with Gasteiger partial charge in [-0.3, -0.25) is 0 Å². The molecule has 0 aliphatic carbocycles. The first-order valence-electron chi connectivity index (χ1n) is 3.65. The van der Waals surface area contributed by atoms with Gasteiger partial charge in [0.05, 0.1) is 6.61 Å². The average Bonchev–Trinajstić information content (AvgIpc) is 1.97. The molecule has 0 amide bonds. The molecule has 3 heteroatoms. The van der Waals surface area contributed by atoms with Gasteiger partial charge in [0, 0.05) is 12.4 Å². The number of unbranched alkanes of at least 4 members (excludes halogenated alkanes) is 1. The maximum absolute atomic E-state index is 5.11. The second-order valence-electron chi connectivity index (χ2n) is 1.99. The Kier molecular flexibility index (Phi) is 9.52. The first kappa shape index (κ1) is 10.3. The van der Waals surface area contributed by atoms with Crippen LogP contribution in [0.4, 0.5) is 0 Å². The Morgan fingerprint density at radius 3 is 2.50 bits per heavy atom. The molecule has 0 N–H and O–H groups in total. The monoisotopic (exact) mass is 163 g/mol. The summed E-state index contributed by atoms with van der Waals surface area (Å²) in [6, 6.07) is 0. The SMILES string of the molecule is CCCCOCOCC[S]. The standard InChI is InChI=1S/C7H15O2S/c1-2-3-4-8-7-9-5-6-10/h2-7H2,1H3. The van der Waals surface area contributed by atoms with Gasteiger partial charge in [-0.15, -0.1) is 0 Å². The molecule has 2 nitrogen and oxygen atoms in total. The van der Waals surface area contributed by atoms with Crippen LogP contribution in [-0.2, 0) is 9.47 Å². The van der Waals surface area contributed by atoms with Gasteiger partial charge in [0.15, 0.2) is 0 Å². The maximum atomic E-state index is 5.11. The Morgan fingerprint density at radius 2 is 1.90 bits per heavy atom.